The molecule has 3 fully saturated rings. The molecule has 0 radical (unpaired) electrons. The molecular formula is C15H27NO. The van der Waals surface area contributed by atoms with Crippen molar-refractivity contribution in [1.82, 2.24) is 5.32 Å². The summed E-state index contributed by atoms with van der Waals surface area (Å²) < 4.78 is 6.10. The summed E-state index contributed by atoms with van der Waals surface area (Å²) >= 11 is 0. The maximum Gasteiger partial charge on any atom is 0.0685 e. The average Bonchev–Trinajstić information content (AvgIpc) is 3.07. The smallest absolute Gasteiger partial charge is 0.0685 e. The van der Waals surface area contributed by atoms with Crippen LogP contribution < -0.4 is 5.32 Å². The van der Waals surface area contributed by atoms with Crippen LogP contribution in [0.5, 0.6) is 0 Å². The zero-order valence-electron chi connectivity index (χ0n) is 11.0. The Morgan fingerprint density at radius 1 is 1.12 bits per heavy atom. The van der Waals surface area contributed by atoms with Gasteiger partial charge in [-0.2, -0.15) is 0 Å². The van der Waals surface area contributed by atoms with Gasteiger partial charge in [-0.1, -0.05) is 12.8 Å². The Bertz CT molecular complexity index is 243. The van der Waals surface area contributed by atoms with E-state index in [1.165, 1.54) is 70.8 Å². The molecule has 2 heteroatoms. The van der Waals surface area contributed by atoms with Gasteiger partial charge in [0.15, 0.2) is 0 Å². The molecule has 1 spiro atoms. The van der Waals surface area contributed by atoms with Gasteiger partial charge < -0.3 is 10.1 Å². The average molecular weight is 237 g/mol. The molecule has 1 atom stereocenters. The Kier molecular flexibility index (Phi) is 3.72. The van der Waals surface area contributed by atoms with Gasteiger partial charge in [0.1, 0.15) is 0 Å². The van der Waals surface area contributed by atoms with Crippen molar-refractivity contribution in [2.24, 2.45) is 5.92 Å². The van der Waals surface area contributed by atoms with Crippen LogP contribution in [0.4, 0.5) is 0 Å². The van der Waals surface area contributed by atoms with Crippen LogP contribution in [0.25, 0.3) is 0 Å². The van der Waals surface area contributed by atoms with Crippen LogP contribution in [0.15, 0.2) is 0 Å². The largest absolute Gasteiger partial charge is 0.375 e. The lowest BCUT2D eigenvalue weighted by atomic mass is 9.82. The second-order valence-electron chi connectivity index (χ2n) is 6.47. The van der Waals surface area contributed by atoms with Gasteiger partial charge in [0.2, 0.25) is 0 Å². The summed E-state index contributed by atoms with van der Waals surface area (Å²) in [6, 6.07) is 0.880. The van der Waals surface area contributed by atoms with E-state index < -0.39 is 0 Å². The molecule has 1 N–H and O–H groups in total. The molecule has 0 bridgehead atoms. The van der Waals surface area contributed by atoms with Crippen LogP contribution in [0.1, 0.15) is 64.2 Å². The summed E-state index contributed by atoms with van der Waals surface area (Å²) in [6.07, 6.45) is 13.8. The van der Waals surface area contributed by atoms with E-state index in [2.05, 4.69) is 5.32 Å². The Morgan fingerprint density at radius 2 is 1.94 bits per heavy atom. The Hall–Kier alpha value is -0.0800. The minimum atomic E-state index is 0.326. The molecule has 1 unspecified atom stereocenters. The molecule has 0 amide bonds. The highest BCUT2D eigenvalue weighted by Gasteiger charge is 2.39. The van der Waals surface area contributed by atoms with Crippen molar-refractivity contribution in [2.75, 3.05) is 13.2 Å². The third-order valence-electron chi connectivity index (χ3n) is 4.91. The zero-order valence-corrected chi connectivity index (χ0v) is 11.0. The number of hydrogen-bond donors (Lipinski definition) is 1. The Morgan fingerprint density at radius 3 is 2.71 bits per heavy atom. The van der Waals surface area contributed by atoms with E-state index in [0.717, 1.165) is 18.6 Å². The lowest BCUT2D eigenvalue weighted by molar-refractivity contribution is -0.0938. The molecular weight excluding hydrogens is 210 g/mol. The first-order chi connectivity index (χ1) is 8.36. The molecule has 2 nitrogen and oxygen atoms in total. The molecule has 0 aromatic carbocycles. The summed E-state index contributed by atoms with van der Waals surface area (Å²) in [7, 11) is 0. The lowest BCUT2D eigenvalue weighted by Gasteiger charge is -2.38. The molecule has 3 rings (SSSR count). The Labute approximate surface area is 105 Å². The fourth-order valence-electron chi connectivity index (χ4n) is 3.73. The fraction of sp³-hybridized carbons (Fsp3) is 1.00. The van der Waals surface area contributed by atoms with Gasteiger partial charge in [-0.25, -0.2) is 0 Å². The van der Waals surface area contributed by atoms with Gasteiger partial charge >= 0.3 is 0 Å². The van der Waals surface area contributed by atoms with Gasteiger partial charge in [-0.15, -0.1) is 0 Å². The second-order valence-corrected chi connectivity index (χ2v) is 6.47. The summed E-state index contributed by atoms with van der Waals surface area (Å²) in [5.74, 6) is 0.947. The second kappa shape index (κ2) is 5.27. The highest BCUT2D eigenvalue weighted by molar-refractivity contribution is 4.91. The van der Waals surface area contributed by atoms with E-state index in [1.807, 2.05) is 0 Å². The van der Waals surface area contributed by atoms with E-state index in [1.54, 1.807) is 0 Å². The summed E-state index contributed by atoms with van der Waals surface area (Å²) in [4.78, 5) is 0. The Balaban J connectivity index is 1.37. The highest BCUT2D eigenvalue weighted by Crippen LogP contribution is 2.43. The van der Waals surface area contributed by atoms with Crippen molar-refractivity contribution in [2.45, 2.75) is 75.9 Å². The molecule has 2 saturated carbocycles. The van der Waals surface area contributed by atoms with Crippen molar-refractivity contribution < 1.29 is 4.74 Å². The third-order valence-corrected chi connectivity index (χ3v) is 4.91. The first kappa shape index (κ1) is 12.0. The van der Waals surface area contributed by atoms with Gasteiger partial charge in [0.05, 0.1) is 5.60 Å². The predicted octanol–water partition coefficient (Wildman–Crippen LogP) is 3.26. The van der Waals surface area contributed by atoms with E-state index in [9.17, 15) is 0 Å². The van der Waals surface area contributed by atoms with Crippen molar-refractivity contribution in [3.63, 3.8) is 0 Å². The van der Waals surface area contributed by atoms with Gasteiger partial charge in [-0.3, -0.25) is 0 Å². The topological polar surface area (TPSA) is 21.3 Å². The van der Waals surface area contributed by atoms with Gasteiger partial charge in [0.25, 0.3) is 0 Å². The molecule has 98 valence electrons. The standard InChI is InChI=1S/C15H27NO/c1-2-9-15(8-1)12-13(7-11-17-15)4-3-10-16-14-5-6-14/h13-14,16H,1-12H2. The third kappa shape index (κ3) is 3.23. The number of hydrogen-bond acceptors (Lipinski definition) is 2. The van der Waals surface area contributed by atoms with Crippen molar-refractivity contribution in [3.05, 3.63) is 0 Å². The van der Waals surface area contributed by atoms with Gasteiger partial charge in [0, 0.05) is 12.6 Å². The molecule has 17 heavy (non-hydrogen) atoms. The molecule has 3 aliphatic rings. The molecule has 1 saturated heterocycles. The van der Waals surface area contributed by atoms with Crippen LogP contribution in [-0.4, -0.2) is 24.8 Å². The normalized spacial score (nSPS) is 32.1. The highest BCUT2D eigenvalue weighted by atomic mass is 16.5. The summed E-state index contributed by atoms with van der Waals surface area (Å²) in [5.41, 5.74) is 0.326. The SMILES string of the molecule is C(CNC1CC1)CC1CCOC2(CCCC2)C1. The maximum absolute atomic E-state index is 6.10. The fourth-order valence-corrected chi connectivity index (χ4v) is 3.73. The lowest BCUT2D eigenvalue weighted by Crippen LogP contribution is -2.37. The first-order valence-electron chi connectivity index (χ1n) is 7.74. The van der Waals surface area contributed by atoms with Crippen LogP contribution in [0.3, 0.4) is 0 Å². The molecule has 2 aliphatic carbocycles. The van der Waals surface area contributed by atoms with Crippen LogP contribution in [-0.2, 0) is 4.74 Å². The predicted molar refractivity (Wildman–Crippen MR) is 70.1 cm³/mol. The molecule has 1 heterocycles. The molecule has 0 aromatic rings. The van der Waals surface area contributed by atoms with Crippen molar-refractivity contribution in [1.29, 1.82) is 0 Å². The minimum Gasteiger partial charge on any atom is -0.375 e. The number of nitrogens with one attached hydrogen (secondary N) is 1. The van der Waals surface area contributed by atoms with Crippen LogP contribution in [0, 0.1) is 5.92 Å². The maximum atomic E-state index is 6.10. The van der Waals surface area contributed by atoms with Crippen LogP contribution >= 0.6 is 0 Å². The van der Waals surface area contributed by atoms with Gasteiger partial charge in [-0.05, 0) is 63.8 Å². The zero-order chi connectivity index (χ0) is 11.6. The number of ether oxygens (including phenoxy) is 1. The summed E-state index contributed by atoms with van der Waals surface area (Å²) in [6.45, 7) is 2.27. The van der Waals surface area contributed by atoms with Crippen molar-refractivity contribution >= 4 is 0 Å². The van der Waals surface area contributed by atoms with E-state index >= 15 is 0 Å². The first-order valence-corrected chi connectivity index (χ1v) is 7.74. The van der Waals surface area contributed by atoms with E-state index in [4.69, 9.17) is 4.74 Å². The van der Waals surface area contributed by atoms with Crippen LogP contribution in [0.2, 0.25) is 0 Å². The molecule has 0 aromatic heterocycles. The van der Waals surface area contributed by atoms with E-state index in [-0.39, 0.29) is 0 Å². The number of rotatable bonds is 5. The molecule has 1 aliphatic heterocycles. The minimum absolute atomic E-state index is 0.326. The quantitative estimate of drug-likeness (QED) is 0.741. The van der Waals surface area contributed by atoms with Crippen molar-refractivity contribution in [3.8, 4) is 0 Å². The summed E-state index contributed by atoms with van der Waals surface area (Å²) in [5, 5.41) is 3.63. The van der Waals surface area contributed by atoms with E-state index in [0.29, 0.717) is 5.60 Å². The monoisotopic (exact) mass is 237 g/mol.